The van der Waals surface area contributed by atoms with Crippen LogP contribution < -0.4 is 5.32 Å². The number of amides is 1. The molecule has 0 radical (unpaired) electrons. The quantitative estimate of drug-likeness (QED) is 0.539. The number of hydrogen-bond acceptors (Lipinski definition) is 6. The molecular formula is C23H30N6O3S. The van der Waals surface area contributed by atoms with Crippen LogP contribution in [0.3, 0.4) is 0 Å². The van der Waals surface area contributed by atoms with Crippen LogP contribution in [-0.2, 0) is 21.4 Å². The summed E-state index contributed by atoms with van der Waals surface area (Å²) in [5.74, 6) is -0.0784. The minimum atomic E-state index is -3.47. The molecule has 1 fully saturated rings. The molecule has 9 nitrogen and oxygen atoms in total. The number of aromatic nitrogens is 2. The number of rotatable bonds is 8. The Morgan fingerprint density at radius 2 is 1.73 bits per heavy atom. The second-order valence-corrected chi connectivity index (χ2v) is 10.6. The largest absolute Gasteiger partial charge is 0.326 e. The number of pyridine rings is 1. The van der Waals surface area contributed by atoms with E-state index in [1.165, 1.54) is 26.2 Å². The van der Waals surface area contributed by atoms with Gasteiger partial charge in [-0.15, -0.1) is 0 Å². The van der Waals surface area contributed by atoms with Crippen molar-refractivity contribution in [1.29, 1.82) is 0 Å². The van der Waals surface area contributed by atoms with Gasteiger partial charge < -0.3 is 14.6 Å². The van der Waals surface area contributed by atoms with E-state index >= 15 is 0 Å². The van der Waals surface area contributed by atoms with E-state index in [0.29, 0.717) is 18.7 Å². The highest BCUT2D eigenvalue weighted by Gasteiger charge is 2.19. The number of anilines is 1. The first-order chi connectivity index (χ1) is 15.8. The normalized spacial score (nSPS) is 15.8. The first-order valence-electron chi connectivity index (χ1n) is 11.0. The van der Waals surface area contributed by atoms with Crippen LogP contribution in [0.5, 0.6) is 0 Å². The number of fused-ring (bicyclic) bond motifs is 1. The van der Waals surface area contributed by atoms with E-state index in [9.17, 15) is 13.2 Å². The van der Waals surface area contributed by atoms with Crippen LogP contribution in [0.2, 0.25) is 0 Å². The fourth-order valence-electron chi connectivity index (χ4n) is 3.87. The summed E-state index contributed by atoms with van der Waals surface area (Å²) in [6.07, 6.45) is 4.48. The summed E-state index contributed by atoms with van der Waals surface area (Å²) < 4.78 is 27.5. The van der Waals surface area contributed by atoms with Gasteiger partial charge in [0.1, 0.15) is 5.65 Å². The fourth-order valence-corrected chi connectivity index (χ4v) is 4.77. The standard InChI is InChI=1S/C23H30N6O3S/c1-26(2)33(31,32)21-8-6-19(7-9-21)25-23(30)10-12-27-13-15-28(16-14-27)17-20-18-29-11-4-3-5-22(29)24-20/h3-9,11,18H,10,12-17H2,1-2H3,(H,25,30). The molecule has 0 unspecified atom stereocenters. The molecule has 0 bridgehead atoms. The Bertz CT molecular complexity index is 1170. The fraction of sp³-hybridized carbons (Fsp3) is 0.391. The molecule has 1 aliphatic rings. The molecule has 1 aromatic carbocycles. The van der Waals surface area contributed by atoms with Gasteiger partial charge >= 0.3 is 0 Å². The van der Waals surface area contributed by atoms with Gasteiger partial charge in [-0.2, -0.15) is 0 Å². The molecule has 1 saturated heterocycles. The molecule has 0 atom stereocenters. The molecule has 33 heavy (non-hydrogen) atoms. The third-order valence-electron chi connectivity index (χ3n) is 5.84. The van der Waals surface area contributed by atoms with Crippen molar-refractivity contribution < 1.29 is 13.2 Å². The van der Waals surface area contributed by atoms with E-state index in [1.807, 2.05) is 28.8 Å². The Kier molecular flexibility index (Phi) is 7.08. The van der Waals surface area contributed by atoms with Gasteiger partial charge in [0.2, 0.25) is 15.9 Å². The Morgan fingerprint density at radius 1 is 1.03 bits per heavy atom. The molecule has 2 aromatic heterocycles. The monoisotopic (exact) mass is 470 g/mol. The molecule has 4 rings (SSSR count). The lowest BCUT2D eigenvalue weighted by atomic mass is 10.2. The van der Waals surface area contributed by atoms with Gasteiger partial charge in [0.25, 0.3) is 0 Å². The van der Waals surface area contributed by atoms with Crippen LogP contribution in [0.4, 0.5) is 5.69 Å². The third-order valence-corrected chi connectivity index (χ3v) is 7.67. The van der Waals surface area contributed by atoms with Crippen molar-refractivity contribution >= 4 is 27.3 Å². The highest BCUT2D eigenvalue weighted by atomic mass is 32.2. The number of nitrogens with zero attached hydrogens (tertiary/aromatic N) is 5. The maximum absolute atomic E-state index is 12.4. The van der Waals surface area contributed by atoms with Crippen LogP contribution in [0.25, 0.3) is 5.65 Å². The topological polar surface area (TPSA) is 90.3 Å². The molecule has 0 saturated carbocycles. The lowest BCUT2D eigenvalue weighted by molar-refractivity contribution is -0.116. The average molecular weight is 471 g/mol. The maximum Gasteiger partial charge on any atom is 0.242 e. The Balaban J connectivity index is 1.20. The van der Waals surface area contributed by atoms with Crippen molar-refractivity contribution in [1.82, 2.24) is 23.5 Å². The molecular weight excluding hydrogens is 440 g/mol. The number of imidazole rings is 1. The van der Waals surface area contributed by atoms with Gasteiger partial charge in [0.15, 0.2) is 0 Å². The zero-order chi connectivity index (χ0) is 23.4. The summed E-state index contributed by atoms with van der Waals surface area (Å²) in [6, 6.07) is 12.2. The summed E-state index contributed by atoms with van der Waals surface area (Å²) in [4.78, 5) is 21.9. The highest BCUT2D eigenvalue weighted by Crippen LogP contribution is 2.17. The highest BCUT2D eigenvalue weighted by molar-refractivity contribution is 7.89. The van der Waals surface area contributed by atoms with Gasteiger partial charge in [-0.1, -0.05) is 6.07 Å². The zero-order valence-corrected chi connectivity index (χ0v) is 19.8. The van der Waals surface area contributed by atoms with E-state index in [4.69, 9.17) is 0 Å². The zero-order valence-electron chi connectivity index (χ0n) is 19.0. The lowest BCUT2D eigenvalue weighted by Gasteiger charge is -2.34. The van der Waals surface area contributed by atoms with Crippen molar-refractivity contribution in [3.63, 3.8) is 0 Å². The van der Waals surface area contributed by atoms with Crippen LogP contribution in [0.1, 0.15) is 12.1 Å². The van der Waals surface area contributed by atoms with Crippen molar-refractivity contribution in [3.8, 4) is 0 Å². The second kappa shape index (κ2) is 10.0. The Hall–Kier alpha value is -2.79. The van der Waals surface area contributed by atoms with E-state index < -0.39 is 10.0 Å². The van der Waals surface area contributed by atoms with Crippen molar-refractivity contribution in [2.75, 3.05) is 52.1 Å². The smallest absolute Gasteiger partial charge is 0.242 e. The molecule has 3 aromatic rings. The third kappa shape index (κ3) is 5.77. The maximum atomic E-state index is 12.4. The lowest BCUT2D eigenvalue weighted by Crippen LogP contribution is -2.46. The molecule has 1 N–H and O–H groups in total. The number of hydrogen-bond donors (Lipinski definition) is 1. The van der Waals surface area contributed by atoms with Crippen LogP contribution in [-0.4, -0.2) is 84.6 Å². The van der Waals surface area contributed by atoms with Crippen molar-refractivity contribution in [2.24, 2.45) is 0 Å². The van der Waals surface area contributed by atoms with Gasteiger partial charge in [-0.05, 0) is 36.4 Å². The number of sulfonamides is 1. The van der Waals surface area contributed by atoms with Gasteiger partial charge in [0, 0.05) is 77.9 Å². The summed E-state index contributed by atoms with van der Waals surface area (Å²) in [6.45, 7) is 5.24. The van der Waals surface area contributed by atoms with E-state index in [-0.39, 0.29) is 10.8 Å². The average Bonchev–Trinajstić information content (AvgIpc) is 3.21. The van der Waals surface area contributed by atoms with Gasteiger partial charge in [0.05, 0.1) is 10.6 Å². The molecule has 1 aliphatic heterocycles. The first-order valence-corrected chi connectivity index (χ1v) is 12.4. The van der Waals surface area contributed by atoms with Crippen LogP contribution >= 0.6 is 0 Å². The predicted molar refractivity (Wildman–Crippen MR) is 127 cm³/mol. The molecule has 3 heterocycles. The van der Waals surface area contributed by atoms with Crippen molar-refractivity contribution in [2.45, 2.75) is 17.9 Å². The summed E-state index contributed by atoms with van der Waals surface area (Å²) >= 11 is 0. The number of piperazine rings is 1. The van der Waals surface area contributed by atoms with E-state index in [0.717, 1.165) is 48.4 Å². The minimum Gasteiger partial charge on any atom is -0.326 e. The molecule has 0 aliphatic carbocycles. The molecule has 1 amide bonds. The van der Waals surface area contributed by atoms with Crippen LogP contribution in [0, 0.1) is 0 Å². The summed E-state index contributed by atoms with van der Waals surface area (Å²) in [5.41, 5.74) is 2.62. The van der Waals surface area contributed by atoms with Gasteiger partial charge in [-0.25, -0.2) is 17.7 Å². The van der Waals surface area contributed by atoms with E-state index in [1.54, 1.807) is 12.1 Å². The molecule has 10 heteroatoms. The summed E-state index contributed by atoms with van der Waals surface area (Å²) in [7, 11) is -0.493. The number of carbonyl (C=O) groups is 1. The van der Waals surface area contributed by atoms with Crippen molar-refractivity contribution in [3.05, 3.63) is 60.6 Å². The number of benzene rings is 1. The van der Waals surface area contributed by atoms with Crippen LogP contribution in [0.15, 0.2) is 59.8 Å². The predicted octanol–water partition coefficient (Wildman–Crippen LogP) is 1.73. The summed E-state index contributed by atoms with van der Waals surface area (Å²) in [5, 5.41) is 2.85. The second-order valence-electron chi connectivity index (χ2n) is 8.43. The SMILES string of the molecule is CN(C)S(=O)(=O)c1ccc(NC(=O)CCN2CCN(Cc3cn4ccccc4n3)CC2)cc1. The van der Waals surface area contributed by atoms with E-state index in [2.05, 4.69) is 26.3 Å². The first kappa shape index (κ1) is 23.4. The molecule has 0 spiro atoms. The minimum absolute atomic E-state index is 0.0784. The number of carbonyl (C=O) groups excluding carboxylic acids is 1. The number of nitrogens with one attached hydrogen (secondary N) is 1. The Morgan fingerprint density at radius 3 is 2.39 bits per heavy atom. The Labute approximate surface area is 194 Å². The molecule has 176 valence electrons. The van der Waals surface area contributed by atoms with Gasteiger partial charge in [-0.3, -0.25) is 9.69 Å².